The Kier molecular flexibility index (Phi) is 5.35. The molecular formula is C9H16N2. The third-order valence-corrected chi connectivity index (χ3v) is 1.24. The number of nitrogens with zero attached hydrogens (tertiary/aromatic N) is 2. The number of hydrogen-bond donors (Lipinski definition) is 0. The summed E-state index contributed by atoms with van der Waals surface area (Å²) in [6, 6.07) is 0. The Bertz CT molecular complexity index is 179. The molecule has 0 aromatic carbocycles. The lowest BCUT2D eigenvalue weighted by Crippen LogP contribution is -1.88. The predicted octanol–water partition coefficient (Wildman–Crippen LogP) is 2.37. The molecule has 0 aliphatic rings. The van der Waals surface area contributed by atoms with E-state index in [2.05, 4.69) is 16.9 Å². The topological polar surface area (TPSA) is 25.8 Å². The lowest BCUT2D eigenvalue weighted by atomic mass is 10.3. The summed E-state index contributed by atoms with van der Waals surface area (Å²) in [5.74, 6) is 0.840. The highest BCUT2D eigenvalue weighted by molar-refractivity contribution is 5.03. The molecule has 1 aromatic heterocycles. The van der Waals surface area contributed by atoms with Crippen molar-refractivity contribution in [1.29, 1.82) is 0 Å². The molecule has 0 bridgehead atoms. The van der Waals surface area contributed by atoms with Gasteiger partial charge in [-0.15, -0.1) is 0 Å². The lowest BCUT2D eigenvalue weighted by Gasteiger charge is -1.92. The van der Waals surface area contributed by atoms with E-state index >= 15 is 0 Å². The van der Waals surface area contributed by atoms with Crippen molar-refractivity contribution in [3.8, 4) is 0 Å². The molecule has 0 fully saturated rings. The van der Waals surface area contributed by atoms with Gasteiger partial charge in [0, 0.05) is 12.4 Å². The molecule has 1 heterocycles. The molecule has 2 heteroatoms. The van der Waals surface area contributed by atoms with E-state index in [1.54, 1.807) is 0 Å². The molecule has 0 aliphatic carbocycles. The molecule has 62 valence electrons. The van der Waals surface area contributed by atoms with Gasteiger partial charge in [0.1, 0.15) is 5.82 Å². The van der Waals surface area contributed by atoms with Gasteiger partial charge in [-0.2, -0.15) is 0 Å². The summed E-state index contributed by atoms with van der Waals surface area (Å²) < 4.78 is 0. The van der Waals surface area contributed by atoms with Crippen LogP contribution in [-0.4, -0.2) is 9.97 Å². The number of aromatic nitrogens is 2. The smallest absolute Gasteiger partial charge is 0.125 e. The second-order valence-electron chi connectivity index (χ2n) is 1.99. The quantitative estimate of drug-likeness (QED) is 0.617. The van der Waals surface area contributed by atoms with E-state index < -0.39 is 0 Å². The van der Waals surface area contributed by atoms with Crippen molar-refractivity contribution in [1.82, 2.24) is 9.97 Å². The Hall–Kier alpha value is -0.920. The average molecular weight is 152 g/mol. The highest BCUT2D eigenvalue weighted by atomic mass is 14.8. The molecule has 0 aliphatic heterocycles. The van der Waals surface area contributed by atoms with Crippen LogP contribution >= 0.6 is 0 Å². The van der Waals surface area contributed by atoms with Gasteiger partial charge in [0.25, 0.3) is 0 Å². The highest BCUT2D eigenvalue weighted by Gasteiger charge is 1.87. The fourth-order valence-corrected chi connectivity index (χ4v) is 0.602. The fourth-order valence-electron chi connectivity index (χ4n) is 0.602. The van der Waals surface area contributed by atoms with E-state index in [1.165, 1.54) is 5.56 Å². The Labute approximate surface area is 68.7 Å². The van der Waals surface area contributed by atoms with Gasteiger partial charge in [0.05, 0.1) is 0 Å². The van der Waals surface area contributed by atoms with Crippen LogP contribution in [0.5, 0.6) is 0 Å². The minimum Gasteiger partial charge on any atom is -0.241 e. The molecule has 2 nitrogen and oxygen atoms in total. The minimum atomic E-state index is 0.840. The maximum Gasteiger partial charge on any atom is 0.125 e. The van der Waals surface area contributed by atoms with E-state index in [1.807, 2.05) is 33.2 Å². The van der Waals surface area contributed by atoms with E-state index in [4.69, 9.17) is 0 Å². The van der Waals surface area contributed by atoms with Crippen LogP contribution in [0.2, 0.25) is 0 Å². The SMILES string of the molecule is CC.CCc1cnc(C)nc1. The van der Waals surface area contributed by atoms with Crippen molar-refractivity contribution < 1.29 is 0 Å². The van der Waals surface area contributed by atoms with Gasteiger partial charge in [-0.1, -0.05) is 20.8 Å². The first-order valence-corrected chi connectivity index (χ1v) is 4.10. The molecule has 0 saturated heterocycles. The first-order valence-electron chi connectivity index (χ1n) is 4.10. The Morgan fingerprint density at radius 3 is 2.00 bits per heavy atom. The number of hydrogen-bond acceptors (Lipinski definition) is 2. The van der Waals surface area contributed by atoms with E-state index in [0.29, 0.717) is 0 Å². The van der Waals surface area contributed by atoms with Gasteiger partial charge < -0.3 is 0 Å². The van der Waals surface area contributed by atoms with Crippen molar-refractivity contribution in [2.45, 2.75) is 34.1 Å². The summed E-state index contributed by atoms with van der Waals surface area (Å²) >= 11 is 0. The molecule has 1 rings (SSSR count). The molecule has 0 spiro atoms. The molecule has 0 N–H and O–H groups in total. The zero-order chi connectivity index (χ0) is 8.69. The van der Waals surface area contributed by atoms with Gasteiger partial charge in [0.15, 0.2) is 0 Å². The van der Waals surface area contributed by atoms with Crippen LogP contribution in [-0.2, 0) is 6.42 Å². The summed E-state index contributed by atoms with van der Waals surface area (Å²) in [5, 5.41) is 0. The van der Waals surface area contributed by atoms with Crippen LogP contribution in [0.3, 0.4) is 0 Å². The van der Waals surface area contributed by atoms with Crippen LogP contribution < -0.4 is 0 Å². The van der Waals surface area contributed by atoms with Crippen LogP contribution in [0.4, 0.5) is 0 Å². The highest BCUT2D eigenvalue weighted by Crippen LogP contribution is 1.94. The number of aryl methyl sites for hydroxylation is 2. The van der Waals surface area contributed by atoms with Crippen molar-refractivity contribution in [2.24, 2.45) is 0 Å². The van der Waals surface area contributed by atoms with Crippen LogP contribution in [0.15, 0.2) is 12.4 Å². The maximum atomic E-state index is 4.04. The van der Waals surface area contributed by atoms with Gasteiger partial charge in [-0.05, 0) is 18.9 Å². The normalized spacial score (nSPS) is 8.36. The zero-order valence-electron chi connectivity index (χ0n) is 7.76. The van der Waals surface area contributed by atoms with Crippen LogP contribution in [0.25, 0.3) is 0 Å². The molecule has 11 heavy (non-hydrogen) atoms. The van der Waals surface area contributed by atoms with Crippen LogP contribution in [0, 0.1) is 6.92 Å². The zero-order valence-corrected chi connectivity index (χ0v) is 7.76. The molecule has 0 atom stereocenters. The molecule has 1 aromatic rings. The monoisotopic (exact) mass is 152 g/mol. The molecular weight excluding hydrogens is 136 g/mol. The van der Waals surface area contributed by atoms with Gasteiger partial charge in [0.2, 0.25) is 0 Å². The van der Waals surface area contributed by atoms with Crippen molar-refractivity contribution in [3.63, 3.8) is 0 Å². The molecule has 0 radical (unpaired) electrons. The summed E-state index contributed by atoms with van der Waals surface area (Å²) in [7, 11) is 0. The summed E-state index contributed by atoms with van der Waals surface area (Å²) in [6.45, 7) is 7.98. The second-order valence-corrected chi connectivity index (χ2v) is 1.99. The average Bonchev–Trinajstić information content (AvgIpc) is 2.10. The largest absolute Gasteiger partial charge is 0.241 e. The predicted molar refractivity (Wildman–Crippen MR) is 47.5 cm³/mol. The van der Waals surface area contributed by atoms with Crippen molar-refractivity contribution in [3.05, 3.63) is 23.8 Å². The minimum absolute atomic E-state index is 0.840. The second kappa shape index (κ2) is 5.83. The van der Waals surface area contributed by atoms with E-state index in [9.17, 15) is 0 Å². The summed E-state index contributed by atoms with van der Waals surface area (Å²) in [5.41, 5.74) is 1.20. The number of rotatable bonds is 1. The first kappa shape index (κ1) is 10.1. The fraction of sp³-hybridized carbons (Fsp3) is 0.556. The Morgan fingerprint density at radius 1 is 1.18 bits per heavy atom. The third-order valence-electron chi connectivity index (χ3n) is 1.24. The van der Waals surface area contributed by atoms with E-state index in [0.717, 1.165) is 12.2 Å². The molecule has 0 saturated carbocycles. The summed E-state index contributed by atoms with van der Waals surface area (Å²) in [6.07, 6.45) is 4.74. The third kappa shape index (κ3) is 3.71. The Balaban J connectivity index is 0.000000461. The van der Waals surface area contributed by atoms with E-state index in [-0.39, 0.29) is 0 Å². The lowest BCUT2D eigenvalue weighted by molar-refractivity contribution is 0.989. The van der Waals surface area contributed by atoms with Gasteiger partial charge >= 0.3 is 0 Å². The van der Waals surface area contributed by atoms with Gasteiger partial charge in [-0.3, -0.25) is 0 Å². The standard InChI is InChI=1S/C7H10N2.C2H6/c1-3-7-4-8-6(2)9-5-7;1-2/h4-5H,3H2,1-2H3;1-2H3. The maximum absolute atomic E-state index is 4.04. The van der Waals surface area contributed by atoms with Crippen LogP contribution in [0.1, 0.15) is 32.2 Å². The van der Waals surface area contributed by atoms with Gasteiger partial charge in [-0.25, -0.2) is 9.97 Å². The Morgan fingerprint density at radius 2 is 1.64 bits per heavy atom. The first-order chi connectivity index (χ1) is 5.33. The summed E-state index contributed by atoms with van der Waals surface area (Å²) in [4.78, 5) is 8.08. The molecule has 0 unspecified atom stereocenters. The van der Waals surface area contributed by atoms with Crippen molar-refractivity contribution >= 4 is 0 Å². The van der Waals surface area contributed by atoms with Crippen molar-refractivity contribution in [2.75, 3.05) is 0 Å². The molecule has 0 amide bonds.